The second-order valence-corrected chi connectivity index (χ2v) is 4.52. The number of ether oxygens (including phenoxy) is 1. The van der Waals surface area contributed by atoms with Crippen LogP contribution in [-0.2, 0) is 11.2 Å². The Balaban J connectivity index is 2.18. The highest BCUT2D eigenvalue weighted by Gasteiger charge is 2.23. The SMILES string of the molecule is Cc1cc(C)c(CC2COC(=O)N2)c(C)c1. The first-order valence-corrected chi connectivity index (χ1v) is 5.56. The molecule has 0 bridgehead atoms. The molecule has 1 fully saturated rings. The van der Waals surface area contributed by atoms with E-state index in [9.17, 15) is 4.79 Å². The van der Waals surface area contributed by atoms with Crippen LogP contribution in [0.2, 0.25) is 0 Å². The molecule has 1 unspecified atom stereocenters. The molecular formula is C13H17NO2. The number of alkyl carbamates (subject to hydrolysis) is 1. The molecule has 1 saturated heterocycles. The lowest BCUT2D eigenvalue weighted by molar-refractivity contribution is 0.177. The predicted octanol–water partition coefficient (Wildman–Crippen LogP) is 2.26. The molecule has 1 aromatic rings. The molecule has 0 aliphatic carbocycles. The quantitative estimate of drug-likeness (QED) is 0.828. The van der Waals surface area contributed by atoms with Gasteiger partial charge in [0, 0.05) is 0 Å². The zero-order valence-corrected chi connectivity index (χ0v) is 9.96. The van der Waals surface area contributed by atoms with Crippen molar-refractivity contribution in [2.24, 2.45) is 0 Å². The lowest BCUT2D eigenvalue weighted by Gasteiger charge is -2.14. The third kappa shape index (κ3) is 2.18. The number of hydrogen-bond donors (Lipinski definition) is 1. The summed E-state index contributed by atoms with van der Waals surface area (Å²) in [5.74, 6) is 0. The minimum Gasteiger partial charge on any atom is -0.447 e. The molecule has 0 aromatic heterocycles. The van der Waals surface area contributed by atoms with E-state index in [0.717, 1.165) is 6.42 Å². The van der Waals surface area contributed by atoms with Gasteiger partial charge in [0.15, 0.2) is 0 Å². The number of cyclic esters (lactones) is 1. The molecule has 1 amide bonds. The first kappa shape index (κ1) is 11.0. The Morgan fingerprint density at radius 3 is 2.44 bits per heavy atom. The van der Waals surface area contributed by atoms with Crippen LogP contribution in [0.3, 0.4) is 0 Å². The molecule has 1 atom stereocenters. The largest absolute Gasteiger partial charge is 0.447 e. The smallest absolute Gasteiger partial charge is 0.407 e. The summed E-state index contributed by atoms with van der Waals surface area (Å²) in [5.41, 5.74) is 5.18. The van der Waals surface area contributed by atoms with E-state index in [1.807, 2.05) is 0 Å². The Labute approximate surface area is 95.8 Å². The van der Waals surface area contributed by atoms with Gasteiger partial charge in [0.1, 0.15) is 6.61 Å². The molecule has 1 aliphatic heterocycles. The summed E-state index contributed by atoms with van der Waals surface area (Å²) in [6, 6.07) is 4.48. The summed E-state index contributed by atoms with van der Waals surface area (Å²) >= 11 is 0. The zero-order chi connectivity index (χ0) is 11.7. The van der Waals surface area contributed by atoms with Gasteiger partial charge in [0.25, 0.3) is 0 Å². The van der Waals surface area contributed by atoms with Gasteiger partial charge in [-0.15, -0.1) is 0 Å². The van der Waals surface area contributed by atoms with Gasteiger partial charge >= 0.3 is 6.09 Å². The van der Waals surface area contributed by atoms with Crippen molar-refractivity contribution in [3.63, 3.8) is 0 Å². The van der Waals surface area contributed by atoms with E-state index in [-0.39, 0.29) is 12.1 Å². The fraction of sp³-hybridized carbons (Fsp3) is 0.462. The molecular weight excluding hydrogens is 202 g/mol. The van der Waals surface area contributed by atoms with Crippen molar-refractivity contribution >= 4 is 6.09 Å². The lowest BCUT2D eigenvalue weighted by atomic mass is 9.95. The van der Waals surface area contributed by atoms with E-state index >= 15 is 0 Å². The van der Waals surface area contributed by atoms with E-state index in [2.05, 4.69) is 38.2 Å². The number of nitrogens with one attached hydrogen (secondary N) is 1. The van der Waals surface area contributed by atoms with Gasteiger partial charge in [0.2, 0.25) is 0 Å². The molecule has 16 heavy (non-hydrogen) atoms. The number of aryl methyl sites for hydroxylation is 3. The Morgan fingerprint density at radius 1 is 1.31 bits per heavy atom. The Morgan fingerprint density at radius 2 is 1.94 bits per heavy atom. The summed E-state index contributed by atoms with van der Waals surface area (Å²) in [6.07, 6.45) is 0.552. The summed E-state index contributed by atoms with van der Waals surface area (Å²) in [7, 11) is 0. The number of carbonyl (C=O) groups is 1. The maximum atomic E-state index is 10.9. The molecule has 0 radical (unpaired) electrons. The van der Waals surface area contributed by atoms with Crippen molar-refractivity contribution in [3.05, 3.63) is 34.4 Å². The maximum absolute atomic E-state index is 10.9. The minimum absolute atomic E-state index is 0.118. The van der Waals surface area contributed by atoms with E-state index in [1.54, 1.807) is 0 Å². The van der Waals surface area contributed by atoms with Crippen LogP contribution in [0.25, 0.3) is 0 Å². The van der Waals surface area contributed by atoms with Gasteiger partial charge in [-0.05, 0) is 43.9 Å². The van der Waals surface area contributed by atoms with Crippen LogP contribution >= 0.6 is 0 Å². The summed E-state index contributed by atoms with van der Waals surface area (Å²) in [6.45, 7) is 6.82. The summed E-state index contributed by atoms with van der Waals surface area (Å²) < 4.78 is 4.89. The highest BCUT2D eigenvalue weighted by Crippen LogP contribution is 2.19. The van der Waals surface area contributed by atoms with Crippen LogP contribution in [0.1, 0.15) is 22.3 Å². The van der Waals surface area contributed by atoms with E-state index < -0.39 is 0 Å². The molecule has 1 aliphatic rings. The van der Waals surface area contributed by atoms with Crippen molar-refractivity contribution in [1.82, 2.24) is 5.32 Å². The zero-order valence-electron chi connectivity index (χ0n) is 9.96. The second-order valence-electron chi connectivity index (χ2n) is 4.52. The first-order chi connectivity index (χ1) is 7.56. The molecule has 1 N–H and O–H groups in total. The molecule has 1 aromatic carbocycles. The normalized spacial score (nSPS) is 19.4. The van der Waals surface area contributed by atoms with Crippen LogP contribution in [-0.4, -0.2) is 18.7 Å². The van der Waals surface area contributed by atoms with Crippen molar-refractivity contribution in [2.45, 2.75) is 33.2 Å². The molecule has 0 saturated carbocycles. The number of hydrogen-bond acceptors (Lipinski definition) is 2. The van der Waals surface area contributed by atoms with E-state index in [0.29, 0.717) is 6.61 Å². The van der Waals surface area contributed by atoms with E-state index in [4.69, 9.17) is 4.74 Å². The third-order valence-corrected chi connectivity index (χ3v) is 3.03. The molecule has 3 heteroatoms. The highest BCUT2D eigenvalue weighted by molar-refractivity contribution is 5.69. The van der Waals surface area contributed by atoms with Crippen LogP contribution in [0.4, 0.5) is 4.79 Å². The fourth-order valence-electron chi connectivity index (χ4n) is 2.31. The van der Waals surface area contributed by atoms with Crippen molar-refractivity contribution in [3.8, 4) is 0 Å². The third-order valence-electron chi connectivity index (χ3n) is 3.03. The maximum Gasteiger partial charge on any atom is 0.407 e. The van der Waals surface area contributed by atoms with Crippen molar-refractivity contribution in [1.29, 1.82) is 0 Å². The van der Waals surface area contributed by atoms with Gasteiger partial charge in [-0.3, -0.25) is 0 Å². The van der Waals surface area contributed by atoms with Crippen molar-refractivity contribution in [2.75, 3.05) is 6.61 Å². The van der Waals surface area contributed by atoms with Crippen LogP contribution in [0, 0.1) is 20.8 Å². The van der Waals surface area contributed by atoms with Gasteiger partial charge in [-0.25, -0.2) is 4.79 Å². The highest BCUT2D eigenvalue weighted by atomic mass is 16.6. The molecule has 86 valence electrons. The standard InChI is InChI=1S/C13H17NO2/c1-8-4-9(2)12(10(3)5-8)6-11-7-16-13(15)14-11/h4-5,11H,6-7H2,1-3H3,(H,14,15). The average molecular weight is 219 g/mol. The Bertz CT molecular complexity index is 403. The fourth-order valence-corrected chi connectivity index (χ4v) is 2.31. The molecule has 1 heterocycles. The van der Waals surface area contributed by atoms with Gasteiger partial charge in [-0.2, -0.15) is 0 Å². The molecule has 0 spiro atoms. The van der Waals surface area contributed by atoms with Crippen molar-refractivity contribution < 1.29 is 9.53 Å². The summed E-state index contributed by atoms with van der Waals surface area (Å²) in [4.78, 5) is 10.9. The van der Waals surface area contributed by atoms with Gasteiger partial charge < -0.3 is 10.1 Å². The predicted molar refractivity (Wildman–Crippen MR) is 62.6 cm³/mol. The van der Waals surface area contributed by atoms with Crippen LogP contribution in [0.5, 0.6) is 0 Å². The van der Waals surface area contributed by atoms with Crippen LogP contribution in [0.15, 0.2) is 12.1 Å². The average Bonchev–Trinajstić information content (AvgIpc) is 2.58. The number of benzene rings is 1. The van der Waals surface area contributed by atoms with Crippen LogP contribution < -0.4 is 5.32 Å². The number of rotatable bonds is 2. The molecule has 3 nitrogen and oxygen atoms in total. The number of carbonyl (C=O) groups excluding carboxylic acids is 1. The lowest BCUT2D eigenvalue weighted by Crippen LogP contribution is -2.28. The first-order valence-electron chi connectivity index (χ1n) is 5.56. The Hall–Kier alpha value is -1.51. The van der Waals surface area contributed by atoms with Gasteiger partial charge in [0.05, 0.1) is 6.04 Å². The van der Waals surface area contributed by atoms with Gasteiger partial charge in [-0.1, -0.05) is 17.7 Å². The Kier molecular flexibility index (Phi) is 2.86. The molecule has 2 rings (SSSR count). The minimum atomic E-state index is -0.299. The van der Waals surface area contributed by atoms with E-state index in [1.165, 1.54) is 22.3 Å². The topological polar surface area (TPSA) is 38.3 Å². The monoisotopic (exact) mass is 219 g/mol. The second kappa shape index (κ2) is 4.16. The summed E-state index contributed by atoms with van der Waals surface area (Å²) in [5, 5.41) is 2.81. The number of amides is 1.